The number of carbonyl (C=O) groups is 1. The number of hydrogen-bond acceptors (Lipinski definition) is 2. The predicted octanol–water partition coefficient (Wildman–Crippen LogP) is 2.08. The van der Waals surface area contributed by atoms with Crippen molar-refractivity contribution in [3.05, 3.63) is 35.9 Å². The number of amides is 1. The normalized spacial score (nSPS) is 19.1. The number of hydrogen-bond donors (Lipinski definition) is 1. The number of rotatable bonds is 5. The van der Waals surface area contributed by atoms with Gasteiger partial charge in [0.1, 0.15) is 0 Å². The van der Waals surface area contributed by atoms with Gasteiger partial charge in [-0.3, -0.25) is 4.79 Å². The van der Waals surface area contributed by atoms with Gasteiger partial charge in [-0.1, -0.05) is 30.3 Å². The molecule has 1 aromatic rings. The third-order valence-corrected chi connectivity index (χ3v) is 3.82. The van der Waals surface area contributed by atoms with Crippen LogP contribution >= 0.6 is 0 Å². The summed E-state index contributed by atoms with van der Waals surface area (Å²) in [6, 6.07) is 10.5. The lowest BCUT2D eigenvalue weighted by molar-refractivity contribution is -0.134. The van der Waals surface area contributed by atoms with Crippen LogP contribution in [0.3, 0.4) is 0 Å². The fourth-order valence-electron chi connectivity index (χ4n) is 2.65. The summed E-state index contributed by atoms with van der Waals surface area (Å²) in [5, 5.41) is 3.31. The lowest BCUT2D eigenvalue weighted by Gasteiger charge is -2.27. The highest BCUT2D eigenvalue weighted by molar-refractivity contribution is 5.78. The molecule has 0 radical (unpaired) electrons. The molecule has 0 aliphatic carbocycles. The highest BCUT2D eigenvalue weighted by atomic mass is 16.2. The smallest absolute Gasteiger partial charge is 0.226 e. The predicted molar refractivity (Wildman–Crippen MR) is 78.0 cm³/mol. The Balaban J connectivity index is 1.71. The molecular formula is C16H24N2O. The van der Waals surface area contributed by atoms with Crippen LogP contribution < -0.4 is 5.32 Å². The summed E-state index contributed by atoms with van der Waals surface area (Å²) in [6.07, 6.45) is 4.23. The number of benzene rings is 1. The number of carbonyl (C=O) groups excluding carboxylic acids is 1. The van der Waals surface area contributed by atoms with Crippen LogP contribution in [0.25, 0.3) is 0 Å². The molecule has 0 aromatic heterocycles. The van der Waals surface area contributed by atoms with E-state index in [1.807, 2.05) is 18.0 Å². The Bertz CT molecular complexity index is 385. The maximum atomic E-state index is 12.2. The van der Waals surface area contributed by atoms with Gasteiger partial charge in [0.15, 0.2) is 0 Å². The first-order valence-electron chi connectivity index (χ1n) is 7.27. The van der Waals surface area contributed by atoms with Gasteiger partial charge in [0.05, 0.1) is 5.92 Å². The van der Waals surface area contributed by atoms with Crippen molar-refractivity contribution in [1.29, 1.82) is 0 Å². The molecule has 1 fully saturated rings. The Kier molecular flexibility index (Phi) is 5.40. The molecule has 1 atom stereocenters. The van der Waals surface area contributed by atoms with Gasteiger partial charge in [0.25, 0.3) is 0 Å². The summed E-state index contributed by atoms with van der Waals surface area (Å²) in [5.41, 5.74) is 1.35. The van der Waals surface area contributed by atoms with Gasteiger partial charge < -0.3 is 10.2 Å². The third kappa shape index (κ3) is 4.35. The van der Waals surface area contributed by atoms with E-state index < -0.39 is 0 Å². The van der Waals surface area contributed by atoms with Crippen molar-refractivity contribution in [2.24, 2.45) is 5.92 Å². The van der Waals surface area contributed by atoms with E-state index in [9.17, 15) is 4.79 Å². The summed E-state index contributed by atoms with van der Waals surface area (Å²) in [6.45, 7) is 2.76. The molecule has 19 heavy (non-hydrogen) atoms. The van der Waals surface area contributed by atoms with Crippen molar-refractivity contribution >= 4 is 5.91 Å². The zero-order chi connectivity index (χ0) is 13.5. The zero-order valence-electron chi connectivity index (χ0n) is 11.8. The second-order valence-corrected chi connectivity index (χ2v) is 5.39. The molecule has 3 nitrogen and oxygen atoms in total. The molecule has 3 heteroatoms. The molecule has 1 heterocycles. The quantitative estimate of drug-likeness (QED) is 0.879. The molecule has 1 aliphatic heterocycles. The van der Waals surface area contributed by atoms with E-state index in [2.05, 4.69) is 29.6 Å². The molecule has 1 aromatic carbocycles. The first-order valence-corrected chi connectivity index (χ1v) is 7.27. The molecule has 0 spiro atoms. The van der Waals surface area contributed by atoms with E-state index in [-0.39, 0.29) is 5.92 Å². The highest BCUT2D eigenvalue weighted by Gasteiger charge is 2.23. The van der Waals surface area contributed by atoms with Crippen molar-refractivity contribution in [3.63, 3.8) is 0 Å². The van der Waals surface area contributed by atoms with Gasteiger partial charge >= 0.3 is 0 Å². The molecule has 0 unspecified atom stereocenters. The van der Waals surface area contributed by atoms with Crippen LogP contribution in [0.1, 0.15) is 24.8 Å². The Hall–Kier alpha value is -1.35. The molecule has 2 rings (SSSR count). The first kappa shape index (κ1) is 14.1. The Morgan fingerprint density at radius 3 is 2.84 bits per heavy atom. The standard InChI is InChI=1S/C16H24N2O/c1-18(16(19)15-10-5-11-17-13-15)12-6-9-14-7-3-2-4-8-14/h2-4,7-8,15,17H,5-6,9-13H2,1H3/t15-/m1/s1. The molecule has 1 saturated heterocycles. The van der Waals surface area contributed by atoms with Gasteiger partial charge in [-0.15, -0.1) is 0 Å². The minimum Gasteiger partial charge on any atom is -0.345 e. The van der Waals surface area contributed by atoms with Gasteiger partial charge in [0, 0.05) is 20.1 Å². The fraction of sp³-hybridized carbons (Fsp3) is 0.562. The van der Waals surface area contributed by atoms with E-state index in [0.717, 1.165) is 45.3 Å². The maximum Gasteiger partial charge on any atom is 0.226 e. The van der Waals surface area contributed by atoms with Crippen LogP contribution in [-0.4, -0.2) is 37.5 Å². The van der Waals surface area contributed by atoms with E-state index in [4.69, 9.17) is 0 Å². The fourth-order valence-corrected chi connectivity index (χ4v) is 2.65. The highest BCUT2D eigenvalue weighted by Crippen LogP contribution is 2.13. The van der Waals surface area contributed by atoms with Gasteiger partial charge in [-0.2, -0.15) is 0 Å². The van der Waals surface area contributed by atoms with Crippen LogP contribution in [0.5, 0.6) is 0 Å². The van der Waals surface area contributed by atoms with Crippen molar-refractivity contribution in [2.45, 2.75) is 25.7 Å². The Morgan fingerprint density at radius 1 is 1.37 bits per heavy atom. The van der Waals surface area contributed by atoms with Crippen molar-refractivity contribution in [3.8, 4) is 0 Å². The molecule has 1 aliphatic rings. The lowest BCUT2D eigenvalue weighted by atomic mass is 9.98. The van der Waals surface area contributed by atoms with Crippen LogP contribution in [0.2, 0.25) is 0 Å². The topological polar surface area (TPSA) is 32.3 Å². The van der Waals surface area contributed by atoms with Crippen LogP contribution in [0, 0.1) is 5.92 Å². The van der Waals surface area contributed by atoms with Crippen molar-refractivity contribution in [1.82, 2.24) is 10.2 Å². The van der Waals surface area contributed by atoms with Crippen molar-refractivity contribution in [2.75, 3.05) is 26.7 Å². The van der Waals surface area contributed by atoms with E-state index in [1.54, 1.807) is 0 Å². The van der Waals surface area contributed by atoms with E-state index >= 15 is 0 Å². The van der Waals surface area contributed by atoms with Crippen molar-refractivity contribution < 1.29 is 4.79 Å². The maximum absolute atomic E-state index is 12.2. The molecule has 0 bridgehead atoms. The zero-order valence-corrected chi connectivity index (χ0v) is 11.8. The molecule has 104 valence electrons. The Morgan fingerprint density at radius 2 is 2.16 bits per heavy atom. The largest absolute Gasteiger partial charge is 0.345 e. The molecule has 1 N–H and O–H groups in total. The van der Waals surface area contributed by atoms with Gasteiger partial charge in [0.2, 0.25) is 5.91 Å². The van der Waals surface area contributed by atoms with Gasteiger partial charge in [-0.05, 0) is 37.8 Å². The summed E-state index contributed by atoms with van der Waals surface area (Å²) in [4.78, 5) is 14.1. The number of aryl methyl sites for hydroxylation is 1. The molecular weight excluding hydrogens is 236 g/mol. The molecule has 1 amide bonds. The first-order chi connectivity index (χ1) is 9.27. The molecule has 0 saturated carbocycles. The second kappa shape index (κ2) is 7.29. The minimum absolute atomic E-state index is 0.190. The number of piperidine rings is 1. The number of nitrogens with zero attached hydrogens (tertiary/aromatic N) is 1. The van der Waals surface area contributed by atoms with E-state index in [0.29, 0.717) is 5.91 Å². The third-order valence-electron chi connectivity index (χ3n) is 3.82. The Labute approximate surface area is 116 Å². The summed E-state index contributed by atoms with van der Waals surface area (Å²) in [7, 11) is 1.93. The van der Waals surface area contributed by atoms with E-state index in [1.165, 1.54) is 5.56 Å². The lowest BCUT2D eigenvalue weighted by Crippen LogP contribution is -2.41. The van der Waals surface area contributed by atoms with Crippen LogP contribution in [0.15, 0.2) is 30.3 Å². The monoisotopic (exact) mass is 260 g/mol. The van der Waals surface area contributed by atoms with Crippen LogP contribution in [0.4, 0.5) is 0 Å². The second-order valence-electron chi connectivity index (χ2n) is 5.39. The minimum atomic E-state index is 0.190. The summed E-state index contributed by atoms with van der Waals surface area (Å²) >= 11 is 0. The SMILES string of the molecule is CN(CCCc1ccccc1)C(=O)[C@@H]1CCCNC1. The summed E-state index contributed by atoms with van der Waals surface area (Å²) < 4.78 is 0. The number of nitrogens with one attached hydrogen (secondary N) is 1. The summed E-state index contributed by atoms with van der Waals surface area (Å²) in [5.74, 6) is 0.496. The van der Waals surface area contributed by atoms with Crippen LogP contribution in [-0.2, 0) is 11.2 Å². The average molecular weight is 260 g/mol. The van der Waals surface area contributed by atoms with Gasteiger partial charge in [-0.25, -0.2) is 0 Å². The average Bonchev–Trinajstić information content (AvgIpc) is 2.48.